The molecule has 2 aliphatic rings. The molecule has 1 atom stereocenters. The van der Waals surface area contributed by atoms with Gasteiger partial charge in [-0.15, -0.1) is 0 Å². The lowest BCUT2D eigenvalue weighted by atomic mass is 9.97. The number of piperazine rings is 1. The van der Waals surface area contributed by atoms with Gasteiger partial charge in [-0.05, 0) is 31.5 Å². The molecule has 0 aromatic carbocycles. The first-order chi connectivity index (χ1) is 13.7. The van der Waals surface area contributed by atoms with Crippen molar-refractivity contribution in [1.82, 2.24) is 25.1 Å². The Bertz CT molecular complexity index is 755. The zero-order valence-electron chi connectivity index (χ0n) is 16.6. The second-order valence-electron chi connectivity index (χ2n) is 7.68. The third-order valence-electron chi connectivity index (χ3n) is 5.86. The zero-order chi connectivity index (χ0) is 19.3. The van der Waals surface area contributed by atoms with Crippen molar-refractivity contribution in [2.24, 2.45) is 5.92 Å². The van der Waals surface area contributed by atoms with Gasteiger partial charge in [0, 0.05) is 58.6 Å². The van der Waals surface area contributed by atoms with Crippen molar-refractivity contribution < 1.29 is 4.79 Å². The number of hydrogen-bond donors (Lipinski definition) is 1. The number of thiazole rings is 1. The van der Waals surface area contributed by atoms with Gasteiger partial charge in [0.05, 0.1) is 5.92 Å². The fourth-order valence-corrected chi connectivity index (χ4v) is 5.01. The number of rotatable bonds is 6. The van der Waals surface area contributed by atoms with Gasteiger partial charge in [0.15, 0.2) is 5.13 Å². The van der Waals surface area contributed by atoms with E-state index < -0.39 is 0 Å². The third-order valence-corrected chi connectivity index (χ3v) is 6.90. The number of anilines is 1. The second-order valence-corrected chi connectivity index (χ2v) is 8.63. The number of nitrogens with one attached hydrogen (secondary N) is 1. The molecule has 4 heterocycles. The summed E-state index contributed by atoms with van der Waals surface area (Å²) in [4.78, 5) is 29.9. The lowest BCUT2D eigenvalue weighted by Crippen LogP contribution is -2.49. The molecule has 1 amide bonds. The van der Waals surface area contributed by atoms with Gasteiger partial charge in [-0.1, -0.05) is 18.3 Å². The highest BCUT2D eigenvalue weighted by Crippen LogP contribution is 2.30. The largest absolute Gasteiger partial charge is 0.355 e. The molecule has 0 aliphatic carbocycles. The Morgan fingerprint density at radius 2 is 2.07 bits per heavy atom. The second kappa shape index (κ2) is 9.15. The van der Waals surface area contributed by atoms with Crippen molar-refractivity contribution in [2.75, 3.05) is 63.8 Å². The van der Waals surface area contributed by atoms with Crippen LogP contribution in [0, 0.1) is 5.92 Å². The number of likely N-dealkylation sites (N-methyl/N-ethyl adjacent to an activating group) is 1. The van der Waals surface area contributed by atoms with Gasteiger partial charge >= 0.3 is 0 Å². The summed E-state index contributed by atoms with van der Waals surface area (Å²) in [5.41, 5.74) is 0.942. The Balaban J connectivity index is 1.25. The van der Waals surface area contributed by atoms with Crippen molar-refractivity contribution in [3.8, 4) is 0 Å². The fraction of sp³-hybridized carbons (Fsp3) is 0.650. The van der Waals surface area contributed by atoms with E-state index in [0.717, 1.165) is 87.2 Å². The predicted octanol–water partition coefficient (Wildman–Crippen LogP) is 1.66. The van der Waals surface area contributed by atoms with E-state index in [1.807, 2.05) is 12.1 Å². The molecular weight excluding hydrogens is 372 g/mol. The molecule has 0 saturated carbocycles. The van der Waals surface area contributed by atoms with Crippen LogP contribution in [0.1, 0.15) is 19.8 Å². The lowest BCUT2D eigenvalue weighted by molar-refractivity contribution is -0.125. The van der Waals surface area contributed by atoms with Crippen molar-refractivity contribution in [2.45, 2.75) is 19.8 Å². The summed E-state index contributed by atoms with van der Waals surface area (Å²) in [6.07, 6.45) is 3.79. The van der Waals surface area contributed by atoms with Crippen LogP contribution in [-0.4, -0.2) is 84.6 Å². The molecule has 0 spiro atoms. The predicted molar refractivity (Wildman–Crippen MR) is 114 cm³/mol. The van der Waals surface area contributed by atoms with E-state index in [2.05, 4.69) is 31.9 Å². The summed E-state index contributed by atoms with van der Waals surface area (Å²) in [6.45, 7) is 11.2. The maximum absolute atomic E-state index is 12.7. The highest BCUT2D eigenvalue weighted by molar-refractivity contribution is 7.21. The monoisotopic (exact) mass is 402 g/mol. The van der Waals surface area contributed by atoms with Crippen LogP contribution >= 0.6 is 11.3 Å². The average Bonchev–Trinajstić information content (AvgIpc) is 3.19. The van der Waals surface area contributed by atoms with E-state index in [0.29, 0.717) is 0 Å². The summed E-state index contributed by atoms with van der Waals surface area (Å²) < 4.78 is 0. The minimum atomic E-state index is 0.0469. The topological polar surface area (TPSA) is 64.6 Å². The number of amides is 1. The van der Waals surface area contributed by atoms with Gasteiger partial charge in [-0.2, -0.15) is 0 Å². The molecule has 4 rings (SSSR count). The standard InChI is InChI=1S/C20H30N6OS/c1-2-24-11-13-25(14-12-24)10-8-21-18(27)16-5-4-9-26(15-16)20-23-17-6-3-7-22-19(17)28-20/h3,6-7,16H,2,4-5,8-15H2,1H3,(H,21,27). The molecule has 0 bridgehead atoms. The van der Waals surface area contributed by atoms with Crippen LogP contribution in [0.25, 0.3) is 10.3 Å². The number of aromatic nitrogens is 2. The van der Waals surface area contributed by atoms with Crippen LogP contribution in [0.2, 0.25) is 0 Å². The molecule has 1 N–H and O–H groups in total. The number of carbonyl (C=O) groups is 1. The maximum Gasteiger partial charge on any atom is 0.224 e. The highest BCUT2D eigenvalue weighted by atomic mass is 32.1. The molecule has 2 aromatic rings. The summed E-state index contributed by atoms with van der Waals surface area (Å²) in [7, 11) is 0. The molecule has 7 nitrogen and oxygen atoms in total. The Hall–Kier alpha value is -1.77. The summed E-state index contributed by atoms with van der Waals surface area (Å²) in [5, 5.41) is 4.16. The molecular formula is C20H30N6OS. The van der Waals surface area contributed by atoms with Crippen LogP contribution in [0.15, 0.2) is 18.3 Å². The smallest absolute Gasteiger partial charge is 0.224 e. The number of fused-ring (bicyclic) bond motifs is 1. The van der Waals surface area contributed by atoms with Crippen molar-refractivity contribution >= 4 is 32.7 Å². The van der Waals surface area contributed by atoms with Gasteiger partial charge < -0.3 is 15.1 Å². The summed E-state index contributed by atoms with van der Waals surface area (Å²) in [6, 6.07) is 3.91. The molecule has 152 valence electrons. The number of nitrogens with zero attached hydrogens (tertiary/aromatic N) is 5. The molecule has 1 unspecified atom stereocenters. The van der Waals surface area contributed by atoms with Gasteiger partial charge in [-0.3, -0.25) is 9.69 Å². The Morgan fingerprint density at radius 3 is 2.86 bits per heavy atom. The first-order valence-electron chi connectivity index (χ1n) is 10.4. The minimum Gasteiger partial charge on any atom is -0.355 e. The number of pyridine rings is 1. The van der Waals surface area contributed by atoms with Crippen LogP contribution in [0.5, 0.6) is 0 Å². The molecule has 28 heavy (non-hydrogen) atoms. The van der Waals surface area contributed by atoms with Gasteiger partial charge in [0.2, 0.25) is 5.91 Å². The number of hydrogen-bond acceptors (Lipinski definition) is 7. The molecule has 0 radical (unpaired) electrons. The first-order valence-corrected chi connectivity index (χ1v) is 11.2. The minimum absolute atomic E-state index is 0.0469. The molecule has 2 aliphatic heterocycles. The van der Waals surface area contributed by atoms with E-state index in [1.54, 1.807) is 17.5 Å². The maximum atomic E-state index is 12.7. The van der Waals surface area contributed by atoms with Gasteiger partial charge in [0.1, 0.15) is 10.3 Å². The Labute approximate surface area is 170 Å². The van der Waals surface area contributed by atoms with E-state index in [1.165, 1.54) is 0 Å². The zero-order valence-corrected chi connectivity index (χ0v) is 17.5. The van der Waals surface area contributed by atoms with Crippen molar-refractivity contribution in [3.05, 3.63) is 18.3 Å². The van der Waals surface area contributed by atoms with Crippen LogP contribution < -0.4 is 10.2 Å². The van der Waals surface area contributed by atoms with E-state index in [4.69, 9.17) is 4.98 Å². The summed E-state index contributed by atoms with van der Waals surface area (Å²) >= 11 is 1.62. The molecule has 2 saturated heterocycles. The SMILES string of the molecule is CCN1CCN(CCNC(=O)C2CCCN(c3nc4cccnc4s3)C2)CC1. The molecule has 2 aromatic heterocycles. The Morgan fingerprint density at radius 1 is 1.25 bits per heavy atom. The normalized spacial score (nSPS) is 21.9. The van der Waals surface area contributed by atoms with Crippen molar-refractivity contribution in [1.29, 1.82) is 0 Å². The van der Waals surface area contributed by atoms with E-state index >= 15 is 0 Å². The molecule has 8 heteroatoms. The van der Waals surface area contributed by atoms with Crippen LogP contribution in [0.4, 0.5) is 5.13 Å². The van der Waals surface area contributed by atoms with Gasteiger partial charge in [-0.25, -0.2) is 9.97 Å². The lowest BCUT2D eigenvalue weighted by Gasteiger charge is -2.34. The number of piperidine rings is 1. The molecule has 2 fully saturated rings. The Kier molecular flexibility index (Phi) is 6.39. The van der Waals surface area contributed by atoms with E-state index in [9.17, 15) is 4.79 Å². The van der Waals surface area contributed by atoms with Crippen molar-refractivity contribution in [3.63, 3.8) is 0 Å². The highest BCUT2D eigenvalue weighted by Gasteiger charge is 2.27. The number of carbonyl (C=O) groups excluding carboxylic acids is 1. The van der Waals surface area contributed by atoms with Crippen LogP contribution in [0.3, 0.4) is 0 Å². The quantitative estimate of drug-likeness (QED) is 0.793. The van der Waals surface area contributed by atoms with Crippen LogP contribution in [-0.2, 0) is 4.79 Å². The fourth-order valence-electron chi connectivity index (χ4n) is 4.07. The average molecular weight is 403 g/mol. The summed E-state index contributed by atoms with van der Waals surface area (Å²) in [5.74, 6) is 0.238. The van der Waals surface area contributed by atoms with E-state index in [-0.39, 0.29) is 11.8 Å². The van der Waals surface area contributed by atoms with Gasteiger partial charge in [0.25, 0.3) is 0 Å². The first kappa shape index (κ1) is 19.5. The third kappa shape index (κ3) is 4.61.